The maximum Gasteiger partial charge on any atom is 0.338 e. The molecule has 0 amide bonds. The van der Waals surface area contributed by atoms with Gasteiger partial charge in [0.25, 0.3) is 0 Å². The number of hydrogen-bond acceptors (Lipinski definition) is 2. The first-order chi connectivity index (χ1) is 8.06. The normalized spacial score (nSPS) is 8.24. The van der Waals surface area contributed by atoms with E-state index < -0.39 is 0 Å². The molecular weight excluding hydrogens is 280 g/mol. The first-order valence-corrected chi connectivity index (χ1v) is 7.19. The van der Waals surface area contributed by atoms with Crippen LogP contribution in [0.15, 0.2) is 12.1 Å². The fourth-order valence-corrected chi connectivity index (χ4v) is 1.60. The molecule has 0 atom stereocenters. The molecule has 0 saturated heterocycles. The number of benzene rings is 1. The van der Waals surface area contributed by atoms with Crippen molar-refractivity contribution in [3.05, 3.63) is 34.4 Å². The van der Waals surface area contributed by atoms with Crippen LogP contribution in [0.3, 0.4) is 0 Å². The number of carbonyl (C=O) groups excluding carboxylic acids is 1. The Morgan fingerprint density at radius 3 is 1.71 bits per heavy atom. The number of esters is 1. The lowest BCUT2D eigenvalue weighted by atomic mass is 10.0. The van der Waals surface area contributed by atoms with Crippen LogP contribution < -0.4 is 0 Å². The highest BCUT2D eigenvalue weighted by Gasteiger charge is 2.12. The van der Waals surface area contributed by atoms with Crippen LogP contribution in [0.5, 0.6) is 0 Å². The first-order valence-electron chi connectivity index (χ1n) is 5.60. The molecule has 2 nitrogen and oxygen atoms in total. The zero-order chi connectivity index (χ0) is 14.0. The number of halogens is 1. The molecule has 1 rings (SSSR count). The van der Waals surface area contributed by atoms with Gasteiger partial charge in [-0.05, 0) is 37.7 Å². The third kappa shape index (κ3) is 5.87. The van der Waals surface area contributed by atoms with E-state index in [-0.39, 0.29) is 5.97 Å². The summed E-state index contributed by atoms with van der Waals surface area (Å²) < 4.78 is 4.70. The molecule has 0 unspecified atom stereocenters. The number of aryl methyl sites for hydroxylation is 3. The molecule has 0 radical (unpaired) electrons. The number of rotatable bonds is 1. The fraction of sp³-hybridized carbons (Fsp3) is 0.500. The van der Waals surface area contributed by atoms with Gasteiger partial charge in [-0.1, -0.05) is 47.5 Å². The smallest absolute Gasteiger partial charge is 0.338 e. The van der Waals surface area contributed by atoms with E-state index in [4.69, 9.17) is 4.74 Å². The minimum Gasteiger partial charge on any atom is -0.465 e. The standard InChI is InChI=1S/C11H14O2.C2H6.CH3Br/c1-7-5-8(2)10(9(3)6-7)11(12)13-4;2*1-2/h5-6H,1-4H3;1-2H3;1H3. The molecule has 0 fully saturated rings. The van der Waals surface area contributed by atoms with Gasteiger partial charge in [0.1, 0.15) is 0 Å². The molecule has 0 aliphatic heterocycles. The summed E-state index contributed by atoms with van der Waals surface area (Å²) in [5.74, 6) is 1.56. The number of hydrogen-bond donors (Lipinski definition) is 0. The SMILES string of the molecule is CBr.CC.COC(=O)c1c(C)cc(C)cc1C. The van der Waals surface area contributed by atoms with Gasteiger partial charge in [0.15, 0.2) is 0 Å². The number of alkyl halides is 1. The molecule has 98 valence electrons. The molecule has 0 spiro atoms. The van der Waals surface area contributed by atoms with Gasteiger partial charge in [-0.2, -0.15) is 0 Å². The molecule has 0 bridgehead atoms. The van der Waals surface area contributed by atoms with Crippen molar-refractivity contribution in [1.29, 1.82) is 0 Å². The van der Waals surface area contributed by atoms with E-state index in [2.05, 4.69) is 15.9 Å². The fourth-order valence-electron chi connectivity index (χ4n) is 1.60. The minimum atomic E-state index is -0.255. The molecule has 0 saturated carbocycles. The van der Waals surface area contributed by atoms with E-state index in [1.54, 1.807) is 0 Å². The molecular formula is C14H23BrO2. The summed E-state index contributed by atoms with van der Waals surface area (Å²) in [6, 6.07) is 3.97. The van der Waals surface area contributed by atoms with Crippen LogP contribution >= 0.6 is 15.9 Å². The van der Waals surface area contributed by atoms with E-state index in [0.717, 1.165) is 11.1 Å². The van der Waals surface area contributed by atoms with Crippen molar-refractivity contribution in [3.8, 4) is 0 Å². The Bertz CT molecular complexity index is 323. The molecule has 17 heavy (non-hydrogen) atoms. The predicted molar refractivity (Wildman–Crippen MR) is 78.2 cm³/mol. The second kappa shape index (κ2) is 10.3. The van der Waals surface area contributed by atoms with Gasteiger partial charge in [-0.25, -0.2) is 4.79 Å². The highest BCUT2D eigenvalue weighted by atomic mass is 79.9. The van der Waals surface area contributed by atoms with Crippen LogP contribution in [0.1, 0.15) is 40.9 Å². The Hall–Kier alpha value is -0.830. The van der Waals surface area contributed by atoms with E-state index in [9.17, 15) is 4.79 Å². The molecule has 1 aromatic rings. The van der Waals surface area contributed by atoms with Crippen molar-refractivity contribution in [3.63, 3.8) is 0 Å². The second-order valence-corrected chi connectivity index (χ2v) is 3.27. The zero-order valence-electron chi connectivity index (χ0n) is 11.8. The van der Waals surface area contributed by atoms with Crippen LogP contribution in [-0.4, -0.2) is 18.9 Å². The summed E-state index contributed by atoms with van der Waals surface area (Å²) in [7, 11) is 1.40. The van der Waals surface area contributed by atoms with Crippen molar-refractivity contribution in [2.75, 3.05) is 12.9 Å². The van der Waals surface area contributed by atoms with Crippen LogP contribution in [0.25, 0.3) is 0 Å². The monoisotopic (exact) mass is 302 g/mol. The third-order valence-corrected chi connectivity index (χ3v) is 2.07. The predicted octanol–water partition coefficient (Wildman–Crippen LogP) is 4.44. The van der Waals surface area contributed by atoms with Crippen LogP contribution in [-0.2, 0) is 4.74 Å². The highest BCUT2D eigenvalue weighted by molar-refractivity contribution is 9.08. The van der Waals surface area contributed by atoms with Crippen molar-refractivity contribution >= 4 is 21.9 Å². The molecule has 1 aromatic carbocycles. The van der Waals surface area contributed by atoms with Crippen molar-refractivity contribution in [1.82, 2.24) is 0 Å². The Labute approximate surface area is 114 Å². The summed E-state index contributed by atoms with van der Waals surface area (Å²) in [6.07, 6.45) is 0. The number of ether oxygens (including phenoxy) is 1. The minimum absolute atomic E-state index is 0.255. The van der Waals surface area contributed by atoms with Crippen molar-refractivity contribution in [2.24, 2.45) is 0 Å². The van der Waals surface area contributed by atoms with E-state index in [1.165, 1.54) is 12.7 Å². The molecule has 0 aromatic heterocycles. The second-order valence-electron chi connectivity index (χ2n) is 3.27. The average molecular weight is 303 g/mol. The summed E-state index contributed by atoms with van der Waals surface area (Å²) in [4.78, 5) is 11.3. The van der Waals surface area contributed by atoms with Gasteiger partial charge >= 0.3 is 5.97 Å². The first kappa shape index (κ1) is 18.5. The largest absolute Gasteiger partial charge is 0.465 e. The molecule has 3 heteroatoms. The summed E-state index contributed by atoms with van der Waals surface area (Å²) >= 11 is 2.94. The van der Waals surface area contributed by atoms with Gasteiger partial charge in [0, 0.05) is 0 Å². The van der Waals surface area contributed by atoms with Crippen molar-refractivity contribution in [2.45, 2.75) is 34.6 Å². The Balaban J connectivity index is 0. The molecule has 0 aliphatic rings. The van der Waals surface area contributed by atoms with Gasteiger partial charge in [0.05, 0.1) is 12.7 Å². The lowest BCUT2D eigenvalue weighted by molar-refractivity contribution is 0.0599. The summed E-state index contributed by atoms with van der Waals surface area (Å²) in [5, 5.41) is 0. The van der Waals surface area contributed by atoms with E-state index in [1.807, 2.05) is 52.6 Å². The van der Waals surface area contributed by atoms with Gasteiger partial charge in [-0.15, -0.1) is 0 Å². The Morgan fingerprint density at radius 1 is 1.06 bits per heavy atom. The van der Waals surface area contributed by atoms with Crippen molar-refractivity contribution < 1.29 is 9.53 Å². The molecule has 0 heterocycles. The van der Waals surface area contributed by atoms with Gasteiger partial charge in [0.2, 0.25) is 0 Å². The van der Waals surface area contributed by atoms with Crippen LogP contribution in [0.4, 0.5) is 0 Å². The van der Waals surface area contributed by atoms with Gasteiger partial charge < -0.3 is 4.74 Å². The third-order valence-electron chi connectivity index (χ3n) is 2.07. The summed E-state index contributed by atoms with van der Waals surface area (Å²) in [6.45, 7) is 9.86. The molecule has 0 N–H and O–H groups in total. The van der Waals surface area contributed by atoms with E-state index in [0.29, 0.717) is 5.56 Å². The topological polar surface area (TPSA) is 26.3 Å². The van der Waals surface area contributed by atoms with E-state index >= 15 is 0 Å². The average Bonchev–Trinajstić information content (AvgIpc) is 2.32. The maximum atomic E-state index is 11.3. The highest BCUT2D eigenvalue weighted by Crippen LogP contribution is 2.16. The summed E-state index contributed by atoms with van der Waals surface area (Å²) in [5.41, 5.74) is 3.81. The van der Waals surface area contributed by atoms with Crippen LogP contribution in [0, 0.1) is 20.8 Å². The van der Waals surface area contributed by atoms with Gasteiger partial charge in [-0.3, -0.25) is 0 Å². The zero-order valence-corrected chi connectivity index (χ0v) is 13.4. The Kier molecular flexibility index (Phi) is 11.3. The number of carbonyl (C=O) groups is 1. The lowest BCUT2D eigenvalue weighted by Gasteiger charge is -2.08. The maximum absolute atomic E-state index is 11.3. The quantitative estimate of drug-likeness (QED) is 0.566. The van der Waals surface area contributed by atoms with Crippen LogP contribution in [0.2, 0.25) is 0 Å². The number of methoxy groups -OCH3 is 1. The lowest BCUT2D eigenvalue weighted by Crippen LogP contribution is -2.06. The molecule has 0 aliphatic carbocycles. The Morgan fingerprint density at radius 2 is 1.41 bits per heavy atom.